The molecule has 0 N–H and O–H groups in total. The van der Waals surface area contributed by atoms with Gasteiger partial charge in [0.05, 0.1) is 6.54 Å². The summed E-state index contributed by atoms with van der Waals surface area (Å²) in [6.45, 7) is 2.80. The summed E-state index contributed by atoms with van der Waals surface area (Å²) in [5.41, 5.74) is 0. The van der Waals surface area contributed by atoms with Crippen LogP contribution in [0.15, 0.2) is 0 Å². The van der Waals surface area contributed by atoms with Gasteiger partial charge in [0.15, 0.2) is 5.78 Å². The minimum Gasteiger partial charge on any atom is -0.329 e. The molecule has 1 atom stereocenters. The second-order valence-corrected chi connectivity index (χ2v) is 5.08. The zero-order chi connectivity index (χ0) is 13.1. The van der Waals surface area contributed by atoms with Crippen molar-refractivity contribution in [2.45, 2.75) is 45.1 Å². The van der Waals surface area contributed by atoms with Gasteiger partial charge in [-0.2, -0.15) is 0 Å². The molecular formula is C13H20N2O3. The van der Waals surface area contributed by atoms with Crippen molar-refractivity contribution in [2.75, 3.05) is 19.6 Å². The van der Waals surface area contributed by atoms with Crippen molar-refractivity contribution in [3.63, 3.8) is 0 Å². The van der Waals surface area contributed by atoms with Crippen molar-refractivity contribution in [1.82, 2.24) is 9.80 Å². The highest BCUT2D eigenvalue weighted by Crippen LogP contribution is 2.23. The third-order valence-corrected chi connectivity index (χ3v) is 3.64. The van der Waals surface area contributed by atoms with Crippen LogP contribution in [0.4, 0.5) is 0 Å². The minimum atomic E-state index is -0.311. The van der Waals surface area contributed by atoms with Crippen LogP contribution in [-0.2, 0) is 14.4 Å². The normalized spacial score (nSPS) is 24.2. The monoisotopic (exact) mass is 252 g/mol. The largest absolute Gasteiger partial charge is 0.329 e. The SMILES string of the molecule is CCCC(=O)CN1CC(=O)N2CCCCC2C1=O. The molecule has 1 unspecified atom stereocenters. The maximum atomic E-state index is 12.2. The van der Waals surface area contributed by atoms with Crippen LogP contribution in [0.1, 0.15) is 39.0 Å². The lowest BCUT2D eigenvalue weighted by Gasteiger charge is -2.42. The summed E-state index contributed by atoms with van der Waals surface area (Å²) in [5.74, 6) is -0.00902. The van der Waals surface area contributed by atoms with Crippen LogP contribution < -0.4 is 0 Å². The fourth-order valence-electron chi connectivity index (χ4n) is 2.73. The molecule has 2 fully saturated rings. The topological polar surface area (TPSA) is 57.7 Å². The van der Waals surface area contributed by atoms with Crippen molar-refractivity contribution >= 4 is 17.6 Å². The zero-order valence-corrected chi connectivity index (χ0v) is 10.9. The number of nitrogens with zero attached hydrogens (tertiary/aromatic N) is 2. The third kappa shape index (κ3) is 2.54. The van der Waals surface area contributed by atoms with Gasteiger partial charge in [0, 0.05) is 13.0 Å². The van der Waals surface area contributed by atoms with Gasteiger partial charge in [0.25, 0.3) is 0 Å². The van der Waals surface area contributed by atoms with E-state index < -0.39 is 0 Å². The summed E-state index contributed by atoms with van der Waals surface area (Å²) in [5, 5.41) is 0. The van der Waals surface area contributed by atoms with Gasteiger partial charge in [-0.25, -0.2) is 0 Å². The van der Waals surface area contributed by atoms with Gasteiger partial charge in [-0.15, -0.1) is 0 Å². The van der Waals surface area contributed by atoms with Crippen LogP contribution in [0, 0.1) is 0 Å². The third-order valence-electron chi connectivity index (χ3n) is 3.64. The van der Waals surface area contributed by atoms with Gasteiger partial charge in [0.2, 0.25) is 11.8 Å². The van der Waals surface area contributed by atoms with Crippen LogP contribution in [0.25, 0.3) is 0 Å². The summed E-state index contributed by atoms with van der Waals surface area (Å²) >= 11 is 0. The molecule has 0 radical (unpaired) electrons. The van der Waals surface area contributed by atoms with Crippen molar-refractivity contribution in [3.8, 4) is 0 Å². The highest BCUT2D eigenvalue weighted by atomic mass is 16.2. The first-order valence-electron chi connectivity index (χ1n) is 6.73. The smallest absolute Gasteiger partial charge is 0.246 e. The molecule has 0 aliphatic carbocycles. The van der Waals surface area contributed by atoms with Crippen LogP contribution >= 0.6 is 0 Å². The number of carbonyl (C=O) groups is 3. The van der Waals surface area contributed by atoms with E-state index in [1.165, 1.54) is 4.90 Å². The maximum Gasteiger partial charge on any atom is 0.246 e. The fraction of sp³-hybridized carbons (Fsp3) is 0.769. The Morgan fingerprint density at radius 2 is 2.11 bits per heavy atom. The number of hydrogen-bond acceptors (Lipinski definition) is 3. The van der Waals surface area contributed by atoms with E-state index in [0.717, 1.165) is 25.7 Å². The van der Waals surface area contributed by atoms with Gasteiger partial charge in [-0.1, -0.05) is 6.92 Å². The molecule has 2 heterocycles. The standard InChI is InChI=1S/C13H20N2O3/c1-2-5-10(16)8-14-9-12(17)15-7-4-3-6-11(15)13(14)18/h11H,2-9H2,1H3. The number of fused-ring (bicyclic) bond motifs is 1. The fourth-order valence-corrected chi connectivity index (χ4v) is 2.73. The lowest BCUT2D eigenvalue weighted by molar-refractivity contribution is -0.158. The van der Waals surface area contributed by atoms with E-state index in [2.05, 4.69) is 0 Å². The van der Waals surface area contributed by atoms with Crippen molar-refractivity contribution < 1.29 is 14.4 Å². The molecule has 0 aromatic heterocycles. The van der Waals surface area contributed by atoms with E-state index in [0.29, 0.717) is 13.0 Å². The highest BCUT2D eigenvalue weighted by Gasteiger charge is 2.40. The number of rotatable bonds is 4. The van der Waals surface area contributed by atoms with E-state index >= 15 is 0 Å². The van der Waals surface area contributed by atoms with E-state index in [-0.39, 0.29) is 36.7 Å². The molecule has 0 aromatic rings. The van der Waals surface area contributed by atoms with E-state index in [1.807, 2.05) is 6.92 Å². The quantitative estimate of drug-likeness (QED) is 0.735. The summed E-state index contributed by atoms with van der Waals surface area (Å²) < 4.78 is 0. The van der Waals surface area contributed by atoms with Gasteiger partial charge < -0.3 is 9.80 Å². The molecule has 5 nitrogen and oxygen atoms in total. The van der Waals surface area contributed by atoms with Gasteiger partial charge in [0.1, 0.15) is 12.6 Å². The van der Waals surface area contributed by atoms with Crippen LogP contribution in [0.2, 0.25) is 0 Å². The van der Waals surface area contributed by atoms with Gasteiger partial charge in [-0.3, -0.25) is 14.4 Å². The lowest BCUT2D eigenvalue weighted by atomic mass is 9.98. The first kappa shape index (κ1) is 13.1. The summed E-state index contributed by atoms with van der Waals surface area (Å²) in [6, 6.07) is -0.311. The molecule has 2 aliphatic heterocycles. The number of hydrogen-bond donors (Lipinski definition) is 0. The number of amides is 2. The Morgan fingerprint density at radius 1 is 1.33 bits per heavy atom. The Hall–Kier alpha value is -1.39. The number of carbonyl (C=O) groups excluding carboxylic acids is 3. The Balaban J connectivity index is 2.03. The molecule has 0 saturated carbocycles. The average molecular weight is 252 g/mol. The summed E-state index contributed by atoms with van der Waals surface area (Å²) in [7, 11) is 0. The average Bonchev–Trinajstić information content (AvgIpc) is 2.36. The van der Waals surface area contributed by atoms with Gasteiger partial charge in [-0.05, 0) is 25.7 Å². The number of piperazine rings is 1. The van der Waals surface area contributed by atoms with Crippen LogP contribution in [0.5, 0.6) is 0 Å². The van der Waals surface area contributed by atoms with E-state index in [4.69, 9.17) is 0 Å². The van der Waals surface area contributed by atoms with E-state index in [1.54, 1.807) is 4.90 Å². The molecule has 18 heavy (non-hydrogen) atoms. The molecule has 2 saturated heterocycles. The van der Waals surface area contributed by atoms with Crippen LogP contribution in [0.3, 0.4) is 0 Å². The Labute approximate surface area is 107 Å². The summed E-state index contributed by atoms with van der Waals surface area (Å²) in [4.78, 5) is 38.9. The highest BCUT2D eigenvalue weighted by molar-refractivity contribution is 5.97. The zero-order valence-electron chi connectivity index (χ0n) is 10.9. The summed E-state index contributed by atoms with van der Waals surface area (Å²) in [6.07, 6.45) is 3.96. The molecule has 0 aromatic carbocycles. The number of piperidine rings is 1. The first-order valence-corrected chi connectivity index (χ1v) is 6.73. The van der Waals surface area contributed by atoms with Crippen molar-refractivity contribution in [1.29, 1.82) is 0 Å². The molecular weight excluding hydrogens is 232 g/mol. The lowest BCUT2D eigenvalue weighted by Crippen LogP contribution is -2.61. The maximum absolute atomic E-state index is 12.2. The Bertz CT molecular complexity index is 365. The second-order valence-electron chi connectivity index (χ2n) is 5.08. The Morgan fingerprint density at radius 3 is 2.83 bits per heavy atom. The molecule has 100 valence electrons. The van der Waals surface area contributed by atoms with E-state index in [9.17, 15) is 14.4 Å². The molecule has 2 rings (SSSR count). The van der Waals surface area contributed by atoms with Crippen LogP contribution in [-0.4, -0.2) is 53.1 Å². The van der Waals surface area contributed by atoms with Crippen molar-refractivity contribution in [2.24, 2.45) is 0 Å². The Kier molecular flexibility index (Phi) is 3.99. The number of ketones is 1. The first-order chi connectivity index (χ1) is 8.63. The second kappa shape index (κ2) is 5.50. The molecule has 0 bridgehead atoms. The van der Waals surface area contributed by atoms with Gasteiger partial charge >= 0.3 is 0 Å². The molecule has 2 aliphatic rings. The predicted octanol–water partition coefficient (Wildman–Crippen LogP) is 0.579. The van der Waals surface area contributed by atoms with Crippen molar-refractivity contribution in [3.05, 3.63) is 0 Å². The molecule has 5 heteroatoms. The predicted molar refractivity (Wildman–Crippen MR) is 65.8 cm³/mol. The number of Topliss-reactive ketones (excluding diaryl/α,β-unsaturated/α-hetero) is 1. The molecule has 0 spiro atoms. The minimum absolute atomic E-state index is 0.0106. The molecule has 2 amide bonds.